The number of allylic oxidation sites excluding steroid dienone is 1. The SMILES string of the molecule is COC(=O)/C(=C/CCl)OC. The molecule has 0 aromatic heterocycles. The van der Waals surface area contributed by atoms with Crippen molar-refractivity contribution in [2.45, 2.75) is 0 Å². The highest BCUT2D eigenvalue weighted by Gasteiger charge is 2.07. The van der Waals surface area contributed by atoms with E-state index in [0.717, 1.165) is 0 Å². The lowest BCUT2D eigenvalue weighted by atomic mass is 10.5. The first-order chi connectivity index (χ1) is 4.76. The highest BCUT2D eigenvalue weighted by Crippen LogP contribution is 1.97. The second-order valence-electron chi connectivity index (χ2n) is 1.42. The predicted molar refractivity (Wildman–Crippen MR) is 37.8 cm³/mol. The fraction of sp³-hybridized carbons (Fsp3) is 0.500. The van der Waals surface area contributed by atoms with E-state index in [1.165, 1.54) is 20.3 Å². The average Bonchev–Trinajstić information content (AvgIpc) is 1.99. The molecular formula is C6H9ClO3. The van der Waals surface area contributed by atoms with Crippen LogP contribution in [-0.4, -0.2) is 26.1 Å². The van der Waals surface area contributed by atoms with Gasteiger partial charge in [0, 0.05) is 5.88 Å². The Morgan fingerprint density at radius 3 is 2.40 bits per heavy atom. The minimum absolute atomic E-state index is 0.137. The molecule has 0 bridgehead atoms. The zero-order valence-corrected chi connectivity index (χ0v) is 6.64. The molecule has 0 saturated carbocycles. The van der Waals surface area contributed by atoms with E-state index in [9.17, 15) is 4.79 Å². The molecule has 4 heteroatoms. The van der Waals surface area contributed by atoms with Crippen LogP contribution in [0.3, 0.4) is 0 Å². The van der Waals surface area contributed by atoms with Crippen LogP contribution in [0, 0.1) is 0 Å². The van der Waals surface area contributed by atoms with Gasteiger partial charge in [-0.2, -0.15) is 0 Å². The molecule has 0 radical (unpaired) electrons. The van der Waals surface area contributed by atoms with Crippen LogP contribution in [-0.2, 0) is 14.3 Å². The van der Waals surface area contributed by atoms with Crippen molar-refractivity contribution >= 4 is 17.6 Å². The van der Waals surface area contributed by atoms with Gasteiger partial charge in [-0.1, -0.05) is 0 Å². The molecule has 0 rings (SSSR count). The third-order valence-corrected chi connectivity index (χ3v) is 1.02. The van der Waals surface area contributed by atoms with Crippen molar-refractivity contribution < 1.29 is 14.3 Å². The molecule has 10 heavy (non-hydrogen) atoms. The molecule has 0 aromatic carbocycles. The van der Waals surface area contributed by atoms with Crippen LogP contribution in [0.25, 0.3) is 0 Å². The Hall–Kier alpha value is -0.700. The summed E-state index contributed by atoms with van der Waals surface area (Å²) in [5.74, 6) is -0.140. The number of methoxy groups -OCH3 is 2. The largest absolute Gasteiger partial charge is 0.490 e. The summed E-state index contributed by atoms with van der Waals surface area (Å²) in [5.41, 5.74) is 0. The lowest BCUT2D eigenvalue weighted by Crippen LogP contribution is -2.06. The maximum absolute atomic E-state index is 10.7. The third kappa shape index (κ3) is 2.73. The van der Waals surface area contributed by atoms with E-state index in [-0.39, 0.29) is 11.6 Å². The van der Waals surface area contributed by atoms with E-state index in [1.807, 2.05) is 0 Å². The Labute approximate surface area is 64.6 Å². The average molecular weight is 165 g/mol. The summed E-state index contributed by atoms with van der Waals surface area (Å²) in [6.45, 7) is 0. The highest BCUT2D eigenvalue weighted by atomic mass is 35.5. The molecule has 0 amide bonds. The molecule has 3 nitrogen and oxygen atoms in total. The molecule has 0 heterocycles. The number of carbonyl (C=O) groups excluding carboxylic acids is 1. The van der Waals surface area contributed by atoms with E-state index >= 15 is 0 Å². The summed E-state index contributed by atoms with van der Waals surface area (Å²) in [5, 5.41) is 0. The van der Waals surface area contributed by atoms with Gasteiger partial charge in [0.15, 0.2) is 0 Å². The van der Waals surface area contributed by atoms with Crippen LogP contribution in [0.15, 0.2) is 11.8 Å². The lowest BCUT2D eigenvalue weighted by molar-refractivity contribution is -0.139. The number of alkyl halides is 1. The van der Waals surface area contributed by atoms with E-state index in [0.29, 0.717) is 0 Å². The van der Waals surface area contributed by atoms with Gasteiger partial charge in [-0.05, 0) is 6.08 Å². The van der Waals surface area contributed by atoms with Crippen LogP contribution < -0.4 is 0 Å². The maximum Gasteiger partial charge on any atom is 0.373 e. The van der Waals surface area contributed by atoms with E-state index in [4.69, 9.17) is 11.6 Å². The number of esters is 1. The van der Waals surface area contributed by atoms with Crippen molar-refractivity contribution in [3.05, 3.63) is 11.8 Å². The normalized spacial score (nSPS) is 10.9. The summed E-state index contributed by atoms with van der Waals surface area (Å²) >= 11 is 5.31. The van der Waals surface area contributed by atoms with Gasteiger partial charge in [-0.3, -0.25) is 0 Å². The van der Waals surface area contributed by atoms with E-state index in [2.05, 4.69) is 9.47 Å². The molecule has 0 aromatic rings. The monoisotopic (exact) mass is 164 g/mol. The molecule has 0 N–H and O–H groups in total. The molecular weight excluding hydrogens is 156 g/mol. The molecule has 0 atom stereocenters. The van der Waals surface area contributed by atoms with Crippen molar-refractivity contribution in [1.82, 2.24) is 0 Å². The van der Waals surface area contributed by atoms with Crippen molar-refractivity contribution in [3.63, 3.8) is 0 Å². The van der Waals surface area contributed by atoms with Crippen molar-refractivity contribution in [2.24, 2.45) is 0 Å². The number of carbonyl (C=O) groups is 1. The van der Waals surface area contributed by atoms with Crippen LogP contribution in [0.5, 0.6) is 0 Å². The van der Waals surface area contributed by atoms with Crippen molar-refractivity contribution in [2.75, 3.05) is 20.1 Å². The van der Waals surface area contributed by atoms with Gasteiger partial charge in [0.2, 0.25) is 5.76 Å². The number of rotatable bonds is 3. The number of halogens is 1. The third-order valence-electron chi connectivity index (χ3n) is 0.869. The molecule has 0 aliphatic carbocycles. The topological polar surface area (TPSA) is 35.5 Å². The zero-order chi connectivity index (χ0) is 7.98. The zero-order valence-electron chi connectivity index (χ0n) is 5.89. The Morgan fingerprint density at radius 2 is 2.10 bits per heavy atom. The van der Waals surface area contributed by atoms with Crippen LogP contribution in [0.4, 0.5) is 0 Å². The lowest BCUT2D eigenvalue weighted by Gasteiger charge is -2.01. The van der Waals surface area contributed by atoms with Gasteiger partial charge in [0.1, 0.15) is 0 Å². The minimum Gasteiger partial charge on any atom is -0.490 e. The Morgan fingerprint density at radius 1 is 1.50 bits per heavy atom. The highest BCUT2D eigenvalue weighted by molar-refractivity contribution is 6.19. The van der Waals surface area contributed by atoms with Crippen molar-refractivity contribution in [1.29, 1.82) is 0 Å². The first-order valence-electron chi connectivity index (χ1n) is 2.64. The summed E-state index contributed by atoms with van der Waals surface area (Å²) in [6.07, 6.45) is 1.44. The second kappa shape index (κ2) is 5.11. The molecule has 0 unspecified atom stereocenters. The molecule has 0 spiro atoms. The van der Waals surface area contributed by atoms with Gasteiger partial charge < -0.3 is 9.47 Å². The van der Waals surface area contributed by atoms with Gasteiger partial charge >= 0.3 is 5.97 Å². The smallest absolute Gasteiger partial charge is 0.373 e. The second-order valence-corrected chi connectivity index (χ2v) is 1.73. The molecule has 0 fully saturated rings. The van der Waals surface area contributed by atoms with Gasteiger partial charge in [0.25, 0.3) is 0 Å². The fourth-order valence-corrected chi connectivity index (χ4v) is 0.561. The van der Waals surface area contributed by atoms with Crippen LogP contribution in [0.1, 0.15) is 0 Å². The number of ether oxygens (including phenoxy) is 2. The van der Waals surface area contributed by atoms with Gasteiger partial charge in [-0.15, -0.1) is 11.6 Å². The Bertz CT molecular complexity index is 142. The molecule has 0 aliphatic heterocycles. The quantitative estimate of drug-likeness (QED) is 0.270. The number of hydrogen-bond donors (Lipinski definition) is 0. The van der Waals surface area contributed by atoms with Crippen LogP contribution in [0.2, 0.25) is 0 Å². The van der Waals surface area contributed by atoms with E-state index in [1.54, 1.807) is 0 Å². The van der Waals surface area contributed by atoms with Crippen LogP contribution >= 0.6 is 11.6 Å². The standard InChI is InChI=1S/C6H9ClO3/c1-9-5(3-4-7)6(8)10-2/h3H,4H2,1-2H3/b5-3-. The van der Waals surface area contributed by atoms with Gasteiger partial charge in [-0.25, -0.2) is 4.79 Å². The van der Waals surface area contributed by atoms with Crippen molar-refractivity contribution in [3.8, 4) is 0 Å². The Balaban J connectivity index is 4.06. The van der Waals surface area contributed by atoms with Gasteiger partial charge in [0.05, 0.1) is 14.2 Å². The maximum atomic E-state index is 10.7. The first-order valence-corrected chi connectivity index (χ1v) is 3.18. The fourth-order valence-electron chi connectivity index (χ4n) is 0.421. The van der Waals surface area contributed by atoms with E-state index < -0.39 is 5.97 Å². The molecule has 58 valence electrons. The predicted octanol–water partition coefficient (Wildman–Crippen LogP) is 0.928. The summed E-state index contributed by atoms with van der Waals surface area (Å²) < 4.78 is 9.01. The Kier molecular flexibility index (Phi) is 4.76. The number of hydrogen-bond acceptors (Lipinski definition) is 3. The summed E-state index contributed by atoms with van der Waals surface area (Å²) in [7, 11) is 2.67. The minimum atomic E-state index is -0.511. The summed E-state index contributed by atoms with van der Waals surface area (Å²) in [4.78, 5) is 10.7. The summed E-state index contributed by atoms with van der Waals surface area (Å²) in [6, 6.07) is 0. The molecule has 0 saturated heterocycles. The first kappa shape index (κ1) is 9.30. The molecule has 0 aliphatic rings.